The minimum atomic E-state index is 0.759. The molecule has 0 radical (unpaired) electrons. The van der Waals surface area contributed by atoms with E-state index in [4.69, 9.17) is 16.3 Å². The molecule has 1 saturated heterocycles. The summed E-state index contributed by atoms with van der Waals surface area (Å²) in [5.74, 6) is 1.70. The van der Waals surface area contributed by atoms with Gasteiger partial charge in [0.1, 0.15) is 5.75 Å². The highest BCUT2D eigenvalue weighted by Crippen LogP contribution is 2.28. The van der Waals surface area contributed by atoms with Crippen LogP contribution >= 0.6 is 27.5 Å². The number of rotatable bonds is 6. The van der Waals surface area contributed by atoms with Gasteiger partial charge in [0.05, 0.1) is 7.11 Å². The molecule has 25 heavy (non-hydrogen) atoms. The van der Waals surface area contributed by atoms with Gasteiger partial charge in [0.2, 0.25) is 0 Å². The van der Waals surface area contributed by atoms with Gasteiger partial charge < -0.3 is 9.64 Å². The summed E-state index contributed by atoms with van der Waals surface area (Å²) in [7, 11) is 1.73. The lowest BCUT2D eigenvalue weighted by molar-refractivity contribution is 0.186. The summed E-state index contributed by atoms with van der Waals surface area (Å²) in [6.07, 6.45) is 4.76. The Morgan fingerprint density at radius 3 is 2.52 bits per heavy atom. The molecule has 2 aromatic carbocycles. The zero-order valence-corrected chi connectivity index (χ0v) is 17.0. The summed E-state index contributed by atoms with van der Waals surface area (Å²) in [5, 5.41) is 0.813. The third-order valence-corrected chi connectivity index (χ3v) is 6.12. The number of hydrogen-bond acceptors (Lipinski definition) is 2. The Labute approximate surface area is 164 Å². The van der Waals surface area contributed by atoms with Crippen molar-refractivity contribution in [1.29, 1.82) is 0 Å². The Morgan fingerprint density at radius 1 is 1.12 bits per heavy atom. The molecular weight excluding hydrogens is 398 g/mol. The van der Waals surface area contributed by atoms with Gasteiger partial charge in [-0.15, -0.1) is 0 Å². The standard InChI is InChI=1S/C21H25BrClNO/c1-25-20-6-7-21(22)18(15-20)14-17-9-12-24(13-10-17)11-8-16-2-4-19(23)5-3-16/h2-7,15,17H,8-14H2,1H3. The van der Waals surface area contributed by atoms with Gasteiger partial charge in [-0.25, -0.2) is 0 Å². The van der Waals surface area contributed by atoms with Crippen LogP contribution in [-0.2, 0) is 12.8 Å². The molecular formula is C21H25BrClNO. The molecule has 0 spiro atoms. The Kier molecular flexibility index (Phi) is 6.80. The molecule has 0 N–H and O–H groups in total. The van der Waals surface area contributed by atoms with Crippen LogP contribution in [0.2, 0.25) is 5.02 Å². The van der Waals surface area contributed by atoms with Crippen LogP contribution in [0.4, 0.5) is 0 Å². The Hall–Kier alpha value is -1.03. The van der Waals surface area contributed by atoms with E-state index in [9.17, 15) is 0 Å². The first-order valence-electron chi connectivity index (χ1n) is 8.93. The Balaban J connectivity index is 1.46. The monoisotopic (exact) mass is 421 g/mol. The SMILES string of the molecule is COc1ccc(Br)c(CC2CCN(CCc3ccc(Cl)cc3)CC2)c1. The van der Waals surface area contributed by atoms with Crippen molar-refractivity contribution in [2.75, 3.05) is 26.7 Å². The smallest absolute Gasteiger partial charge is 0.119 e. The number of methoxy groups -OCH3 is 1. The average Bonchev–Trinajstić information content (AvgIpc) is 2.64. The molecule has 2 aromatic rings. The summed E-state index contributed by atoms with van der Waals surface area (Å²) in [5.41, 5.74) is 2.73. The van der Waals surface area contributed by atoms with Crippen molar-refractivity contribution in [3.05, 3.63) is 63.1 Å². The minimum Gasteiger partial charge on any atom is -0.497 e. The van der Waals surface area contributed by atoms with E-state index in [2.05, 4.69) is 45.1 Å². The van der Waals surface area contributed by atoms with E-state index in [0.29, 0.717) is 0 Å². The molecule has 0 aromatic heterocycles. The second-order valence-corrected chi connectivity index (χ2v) is 8.11. The predicted octanol–water partition coefficient (Wildman–Crippen LogP) is 5.61. The maximum Gasteiger partial charge on any atom is 0.119 e. The highest BCUT2D eigenvalue weighted by atomic mass is 79.9. The fourth-order valence-corrected chi connectivity index (χ4v) is 4.03. The molecule has 0 saturated carbocycles. The van der Waals surface area contributed by atoms with Gasteiger partial charge in [-0.3, -0.25) is 0 Å². The number of piperidine rings is 1. The van der Waals surface area contributed by atoms with Crippen molar-refractivity contribution in [2.24, 2.45) is 5.92 Å². The first-order valence-corrected chi connectivity index (χ1v) is 10.1. The van der Waals surface area contributed by atoms with Crippen molar-refractivity contribution >= 4 is 27.5 Å². The largest absolute Gasteiger partial charge is 0.497 e. The zero-order chi connectivity index (χ0) is 17.6. The van der Waals surface area contributed by atoms with E-state index in [0.717, 1.165) is 36.1 Å². The molecule has 0 amide bonds. The Bertz CT molecular complexity index is 681. The zero-order valence-electron chi connectivity index (χ0n) is 14.7. The van der Waals surface area contributed by atoms with E-state index in [1.807, 2.05) is 18.2 Å². The lowest BCUT2D eigenvalue weighted by atomic mass is 9.90. The summed E-state index contributed by atoms with van der Waals surface area (Å²) in [6, 6.07) is 14.5. The number of likely N-dealkylation sites (tertiary alicyclic amines) is 1. The van der Waals surface area contributed by atoms with E-state index >= 15 is 0 Å². The van der Waals surface area contributed by atoms with Crippen LogP contribution in [0.3, 0.4) is 0 Å². The fraction of sp³-hybridized carbons (Fsp3) is 0.429. The third-order valence-electron chi connectivity index (χ3n) is 5.10. The molecule has 3 rings (SSSR count). The molecule has 1 aliphatic rings. The molecule has 0 aliphatic carbocycles. The molecule has 2 nitrogen and oxygen atoms in total. The van der Waals surface area contributed by atoms with Gasteiger partial charge in [0.15, 0.2) is 0 Å². The quantitative estimate of drug-likeness (QED) is 0.600. The Morgan fingerprint density at radius 2 is 1.84 bits per heavy atom. The number of halogens is 2. The van der Waals surface area contributed by atoms with Crippen LogP contribution in [-0.4, -0.2) is 31.6 Å². The lowest BCUT2D eigenvalue weighted by Gasteiger charge is -2.32. The number of nitrogens with zero attached hydrogens (tertiary/aromatic N) is 1. The van der Waals surface area contributed by atoms with Crippen LogP contribution in [0.25, 0.3) is 0 Å². The first-order chi connectivity index (χ1) is 12.1. The van der Waals surface area contributed by atoms with Gasteiger partial charge in [-0.2, -0.15) is 0 Å². The van der Waals surface area contributed by atoms with Crippen LogP contribution in [0.5, 0.6) is 5.75 Å². The van der Waals surface area contributed by atoms with Gasteiger partial charge in [0.25, 0.3) is 0 Å². The van der Waals surface area contributed by atoms with Gasteiger partial charge in [-0.1, -0.05) is 39.7 Å². The highest BCUT2D eigenvalue weighted by molar-refractivity contribution is 9.10. The summed E-state index contributed by atoms with van der Waals surface area (Å²) >= 11 is 9.63. The van der Waals surface area contributed by atoms with Crippen molar-refractivity contribution in [3.8, 4) is 5.75 Å². The van der Waals surface area contributed by atoms with Crippen molar-refractivity contribution in [2.45, 2.75) is 25.7 Å². The minimum absolute atomic E-state index is 0.759. The van der Waals surface area contributed by atoms with Gasteiger partial charge in [-0.05, 0) is 86.1 Å². The van der Waals surface area contributed by atoms with Crippen LogP contribution in [0.1, 0.15) is 24.0 Å². The maximum absolute atomic E-state index is 5.95. The van der Waals surface area contributed by atoms with E-state index in [-0.39, 0.29) is 0 Å². The molecule has 134 valence electrons. The summed E-state index contributed by atoms with van der Waals surface area (Å²) in [6.45, 7) is 3.52. The van der Waals surface area contributed by atoms with Crippen molar-refractivity contribution < 1.29 is 4.74 Å². The predicted molar refractivity (Wildman–Crippen MR) is 109 cm³/mol. The van der Waals surface area contributed by atoms with E-state index in [1.165, 1.54) is 41.5 Å². The molecule has 1 fully saturated rings. The van der Waals surface area contributed by atoms with Crippen molar-refractivity contribution in [1.82, 2.24) is 4.90 Å². The number of ether oxygens (including phenoxy) is 1. The fourth-order valence-electron chi connectivity index (χ4n) is 3.50. The average molecular weight is 423 g/mol. The second-order valence-electron chi connectivity index (χ2n) is 6.82. The summed E-state index contributed by atoms with van der Waals surface area (Å²) in [4.78, 5) is 2.59. The molecule has 0 unspecified atom stereocenters. The maximum atomic E-state index is 5.95. The van der Waals surface area contributed by atoms with Gasteiger partial charge in [0, 0.05) is 16.0 Å². The van der Waals surface area contributed by atoms with Crippen LogP contribution in [0.15, 0.2) is 46.9 Å². The molecule has 1 heterocycles. The normalized spacial score (nSPS) is 16.1. The molecule has 0 atom stereocenters. The van der Waals surface area contributed by atoms with E-state index < -0.39 is 0 Å². The van der Waals surface area contributed by atoms with E-state index in [1.54, 1.807) is 7.11 Å². The molecule has 0 bridgehead atoms. The first kappa shape index (κ1) is 18.8. The summed E-state index contributed by atoms with van der Waals surface area (Å²) < 4.78 is 6.55. The van der Waals surface area contributed by atoms with Crippen LogP contribution < -0.4 is 4.74 Å². The van der Waals surface area contributed by atoms with Crippen LogP contribution in [0, 0.1) is 5.92 Å². The van der Waals surface area contributed by atoms with Gasteiger partial charge >= 0.3 is 0 Å². The number of benzene rings is 2. The topological polar surface area (TPSA) is 12.5 Å². The number of hydrogen-bond donors (Lipinski definition) is 0. The van der Waals surface area contributed by atoms with Crippen molar-refractivity contribution in [3.63, 3.8) is 0 Å². The molecule has 4 heteroatoms. The lowest BCUT2D eigenvalue weighted by Crippen LogP contribution is -2.35. The third kappa shape index (κ3) is 5.47. The molecule has 1 aliphatic heterocycles. The highest BCUT2D eigenvalue weighted by Gasteiger charge is 2.20. The second kappa shape index (κ2) is 9.07.